The number of benzene rings is 1. The molecule has 19 heavy (non-hydrogen) atoms. The number of carbonyl (C=O) groups is 2. The molecular weight excluding hydrogens is 242 g/mol. The largest absolute Gasteiger partial charge is 0.370 e. The molecule has 0 heterocycles. The van der Waals surface area contributed by atoms with Crippen LogP contribution in [0.15, 0.2) is 24.3 Å². The highest BCUT2D eigenvalue weighted by molar-refractivity contribution is 5.87. The lowest BCUT2D eigenvalue weighted by Crippen LogP contribution is -2.44. The van der Waals surface area contributed by atoms with Crippen molar-refractivity contribution in [2.24, 2.45) is 11.5 Å². The molecule has 0 saturated carbocycles. The molecule has 104 valence electrons. The average molecular weight is 263 g/mol. The number of amides is 2. The number of nitrogens with two attached hydrogens (primary N) is 2. The van der Waals surface area contributed by atoms with E-state index in [2.05, 4.69) is 0 Å². The fourth-order valence-electron chi connectivity index (χ4n) is 1.83. The van der Waals surface area contributed by atoms with Crippen LogP contribution in [0.4, 0.5) is 0 Å². The second-order valence-corrected chi connectivity index (χ2v) is 4.81. The minimum atomic E-state index is -0.879. The van der Waals surface area contributed by atoms with Gasteiger partial charge in [-0.2, -0.15) is 0 Å². The third-order valence-electron chi connectivity index (χ3n) is 3.23. The van der Waals surface area contributed by atoms with Crippen molar-refractivity contribution in [2.45, 2.75) is 32.4 Å². The Morgan fingerprint density at radius 1 is 1.26 bits per heavy atom. The predicted molar refractivity (Wildman–Crippen MR) is 74.2 cm³/mol. The number of aryl methyl sites for hydroxylation is 1. The molecule has 0 radical (unpaired) electrons. The highest BCUT2D eigenvalue weighted by atomic mass is 16.2. The summed E-state index contributed by atoms with van der Waals surface area (Å²) in [5, 5.41) is 0. The van der Waals surface area contributed by atoms with Gasteiger partial charge in [0.05, 0.1) is 18.5 Å². The molecule has 0 aliphatic heterocycles. The summed E-state index contributed by atoms with van der Waals surface area (Å²) in [7, 11) is 1.67. The minimum Gasteiger partial charge on any atom is -0.370 e. The van der Waals surface area contributed by atoms with Crippen molar-refractivity contribution >= 4 is 11.8 Å². The number of carbonyl (C=O) groups excluding carboxylic acids is 2. The predicted octanol–water partition coefficient (Wildman–Crippen LogP) is 0.717. The lowest BCUT2D eigenvalue weighted by atomic mass is 10.0. The van der Waals surface area contributed by atoms with E-state index in [9.17, 15) is 9.59 Å². The molecule has 0 aliphatic carbocycles. The third-order valence-corrected chi connectivity index (χ3v) is 3.23. The quantitative estimate of drug-likeness (QED) is 0.820. The zero-order valence-electron chi connectivity index (χ0n) is 11.6. The zero-order chi connectivity index (χ0) is 14.6. The summed E-state index contributed by atoms with van der Waals surface area (Å²) in [5.74, 6) is -0.857. The van der Waals surface area contributed by atoms with Crippen LogP contribution in [-0.4, -0.2) is 29.8 Å². The zero-order valence-corrected chi connectivity index (χ0v) is 11.6. The fourth-order valence-corrected chi connectivity index (χ4v) is 1.83. The Balaban J connectivity index is 2.76. The van der Waals surface area contributed by atoms with Gasteiger partial charge in [0.1, 0.15) is 0 Å². The second kappa shape index (κ2) is 6.33. The van der Waals surface area contributed by atoms with E-state index in [1.54, 1.807) is 7.05 Å². The fraction of sp³-hybridized carbons (Fsp3) is 0.429. The summed E-state index contributed by atoms with van der Waals surface area (Å²) in [6, 6.07) is 6.95. The molecule has 0 bridgehead atoms. The van der Waals surface area contributed by atoms with Crippen LogP contribution in [0.5, 0.6) is 0 Å². The SMILES string of the molecule is Cc1ccc(C(C)N(C)C(=O)C(N)CC(N)=O)cc1. The summed E-state index contributed by atoms with van der Waals surface area (Å²) >= 11 is 0. The first-order valence-electron chi connectivity index (χ1n) is 6.20. The number of likely N-dealkylation sites (N-methyl/N-ethyl adjacent to an activating group) is 1. The van der Waals surface area contributed by atoms with Crippen molar-refractivity contribution in [1.29, 1.82) is 0 Å². The van der Waals surface area contributed by atoms with Crippen molar-refractivity contribution in [3.05, 3.63) is 35.4 Å². The molecule has 1 aromatic rings. The van der Waals surface area contributed by atoms with Gasteiger partial charge >= 0.3 is 0 Å². The van der Waals surface area contributed by atoms with Crippen LogP contribution in [-0.2, 0) is 9.59 Å². The van der Waals surface area contributed by atoms with Gasteiger partial charge in [-0.1, -0.05) is 29.8 Å². The Bertz CT molecular complexity index is 456. The standard InChI is InChI=1S/C14H21N3O2/c1-9-4-6-11(7-5-9)10(2)17(3)14(19)12(15)8-13(16)18/h4-7,10,12H,8,15H2,1-3H3,(H2,16,18). The maximum Gasteiger partial charge on any atom is 0.240 e. The van der Waals surface area contributed by atoms with Crippen molar-refractivity contribution < 1.29 is 9.59 Å². The number of rotatable bonds is 5. The van der Waals surface area contributed by atoms with E-state index in [0.717, 1.165) is 11.1 Å². The summed E-state index contributed by atoms with van der Waals surface area (Å²) in [4.78, 5) is 24.4. The molecule has 1 aromatic carbocycles. The lowest BCUT2D eigenvalue weighted by molar-refractivity contribution is -0.135. The molecule has 5 heteroatoms. The summed E-state index contributed by atoms with van der Waals surface area (Å²) in [5.41, 5.74) is 12.9. The van der Waals surface area contributed by atoms with E-state index in [-0.39, 0.29) is 18.4 Å². The van der Waals surface area contributed by atoms with Crippen LogP contribution >= 0.6 is 0 Å². The van der Waals surface area contributed by atoms with Crippen molar-refractivity contribution in [3.8, 4) is 0 Å². The first kappa shape index (κ1) is 15.2. The topological polar surface area (TPSA) is 89.4 Å². The van der Waals surface area contributed by atoms with E-state index in [1.165, 1.54) is 4.90 Å². The Morgan fingerprint density at radius 3 is 2.26 bits per heavy atom. The molecule has 0 fully saturated rings. The van der Waals surface area contributed by atoms with E-state index >= 15 is 0 Å². The van der Waals surface area contributed by atoms with Gasteiger partial charge in [0.2, 0.25) is 11.8 Å². The summed E-state index contributed by atoms with van der Waals surface area (Å²) < 4.78 is 0. The molecular formula is C14H21N3O2. The molecule has 0 saturated heterocycles. The maximum absolute atomic E-state index is 12.1. The Hall–Kier alpha value is -1.88. The van der Waals surface area contributed by atoms with Crippen LogP contribution in [0.25, 0.3) is 0 Å². The molecule has 2 atom stereocenters. The normalized spacial score (nSPS) is 13.7. The van der Waals surface area contributed by atoms with Crippen molar-refractivity contribution in [3.63, 3.8) is 0 Å². The summed E-state index contributed by atoms with van der Waals surface area (Å²) in [6.45, 7) is 3.92. The van der Waals surface area contributed by atoms with Crippen LogP contribution < -0.4 is 11.5 Å². The van der Waals surface area contributed by atoms with Gasteiger partial charge in [-0.25, -0.2) is 0 Å². The molecule has 5 nitrogen and oxygen atoms in total. The van der Waals surface area contributed by atoms with Gasteiger partial charge in [0, 0.05) is 7.05 Å². The molecule has 4 N–H and O–H groups in total. The van der Waals surface area contributed by atoms with Crippen LogP contribution in [0.1, 0.15) is 30.5 Å². The smallest absolute Gasteiger partial charge is 0.240 e. The molecule has 2 unspecified atom stereocenters. The Kier molecular flexibility index (Phi) is 5.06. The molecule has 1 rings (SSSR count). The maximum atomic E-state index is 12.1. The van der Waals surface area contributed by atoms with Crippen LogP contribution in [0, 0.1) is 6.92 Å². The van der Waals surface area contributed by atoms with Crippen LogP contribution in [0.2, 0.25) is 0 Å². The third kappa shape index (κ3) is 4.06. The van der Waals surface area contributed by atoms with E-state index < -0.39 is 11.9 Å². The van der Waals surface area contributed by atoms with Crippen LogP contribution in [0.3, 0.4) is 0 Å². The van der Waals surface area contributed by atoms with Gasteiger partial charge in [-0.15, -0.1) is 0 Å². The first-order valence-corrected chi connectivity index (χ1v) is 6.20. The monoisotopic (exact) mass is 263 g/mol. The van der Waals surface area contributed by atoms with Crippen molar-refractivity contribution in [1.82, 2.24) is 4.90 Å². The second-order valence-electron chi connectivity index (χ2n) is 4.81. The number of hydrogen-bond acceptors (Lipinski definition) is 3. The Labute approximate surface area is 113 Å². The van der Waals surface area contributed by atoms with E-state index in [1.807, 2.05) is 38.1 Å². The van der Waals surface area contributed by atoms with Gasteiger partial charge in [0.15, 0.2) is 0 Å². The van der Waals surface area contributed by atoms with Gasteiger partial charge in [-0.3, -0.25) is 9.59 Å². The minimum absolute atomic E-state index is 0.105. The first-order chi connectivity index (χ1) is 8.82. The number of nitrogens with zero attached hydrogens (tertiary/aromatic N) is 1. The van der Waals surface area contributed by atoms with Gasteiger partial charge < -0.3 is 16.4 Å². The van der Waals surface area contributed by atoms with E-state index in [4.69, 9.17) is 11.5 Å². The number of hydrogen-bond donors (Lipinski definition) is 2. The van der Waals surface area contributed by atoms with Crippen molar-refractivity contribution in [2.75, 3.05) is 7.05 Å². The van der Waals surface area contributed by atoms with E-state index in [0.29, 0.717) is 0 Å². The lowest BCUT2D eigenvalue weighted by Gasteiger charge is -2.27. The summed E-state index contributed by atoms with van der Waals surface area (Å²) in [6.07, 6.45) is -0.135. The molecule has 0 aromatic heterocycles. The Morgan fingerprint density at radius 2 is 1.79 bits per heavy atom. The van der Waals surface area contributed by atoms with Gasteiger partial charge in [-0.05, 0) is 19.4 Å². The molecule has 0 aliphatic rings. The average Bonchev–Trinajstić information content (AvgIpc) is 2.36. The molecule has 2 amide bonds. The van der Waals surface area contributed by atoms with Gasteiger partial charge in [0.25, 0.3) is 0 Å². The molecule has 0 spiro atoms. The number of primary amides is 1. The highest BCUT2D eigenvalue weighted by Gasteiger charge is 2.24. The highest BCUT2D eigenvalue weighted by Crippen LogP contribution is 2.19.